The molecule has 3 aliphatic heterocycles. The Morgan fingerprint density at radius 3 is 2.69 bits per heavy atom. The van der Waals surface area contributed by atoms with Crippen molar-refractivity contribution in [3.05, 3.63) is 18.0 Å². The summed E-state index contributed by atoms with van der Waals surface area (Å²) in [6.07, 6.45) is 7.48. The first kappa shape index (κ1) is 21.5. The van der Waals surface area contributed by atoms with Gasteiger partial charge in [-0.05, 0) is 31.4 Å². The van der Waals surface area contributed by atoms with E-state index in [0.29, 0.717) is 18.0 Å². The van der Waals surface area contributed by atoms with Gasteiger partial charge in [-0.15, -0.1) is 24.8 Å². The summed E-state index contributed by atoms with van der Waals surface area (Å²) >= 11 is 0. The highest BCUT2D eigenvalue weighted by Gasteiger charge is 2.45. The Morgan fingerprint density at radius 2 is 2.00 bits per heavy atom. The SMILES string of the molecule is CCN1CCC2CCC(C1)N2C(=O)[C@H]1CNC[C@@H]1c1cnn(C)c1.Cl.Cl. The van der Waals surface area contributed by atoms with E-state index in [9.17, 15) is 4.79 Å². The lowest BCUT2D eigenvalue weighted by atomic mass is 9.89. The molecule has 3 saturated heterocycles. The minimum absolute atomic E-state index is 0. The highest BCUT2D eigenvalue weighted by Crippen LogP contribution is 2.36. The van der Waals surface area contributed by atoms with E-state index >= 15 is 0 Å². The quantitative estimate of drug-likeness (QED) is 0.833. The van der Waals surface area contributed by atoms with Gasteiger partial charge >= 0.3 is 0 Å². The molecule has 0 spiro atoms. The Bertz CT molecular complexity index is 610. The Kier molecular flexibility index (Phi) is 7.36. The molecule has 26 heavy (non-hydrogen) atoms. The molecule has 8 heteroatoms. The fraction of sp³-hybridized carbons (Fsp3) is 0.778. The molecule has 2 unspecified atom stereocenters. The standard InChI is InChI=1S/C18H29N5O.2ClH/c1-3-22-7-6-14-4-5-15(12-22)23(14)18(24)17-10-19-9-16(17)13-8-20-21(2)11-13;;/h8,11,14-17,19H,3-7,9-10,12H2,1-2H3;2*1H/t14?,15?,16-,17+;;/m1../s1. The van der Waals surface area contributed by atoms with Gasteiger partial charge in [0.1, 0.15) is 0 Å². The number of halogens is 2. The Morgan fingerprint density at radius 1 is 1.23 bits per heavy atom. The molecule has 2 bridgehead atoms. The van der Waals surface area contributed by atoms with Crippen molar-refractivity contribution in [2.75, 3.05) is 32.7 Å². The summed E-state index contributed by atoms with van der Waals surface area (Å²) in [6, 6.07) is 0.870. The van der Waals surface area contributed by atoms with Crippen molar-refractivity contribution >= 4 is 30.7 Å². The third-order valence-electron chi connectivity index (χ3n) is 6.25. The van der Waals surface area contributed by atoms with E-state index < -0.39 is 0 Å². The zero-order chi connectivity index (χ0) is 16.7. The van der Waals surface area contributed by atoms with E-state index in [4.69, 9.17) is 0 Å². The minimum atomic E-state index is 0. The lowest BCUT2D eigenvalue weighted by Gasteiger charge is -2.32. The van der Waals surface area contributed by atoms with Crippen LogP contribution in [0.25, 0.3) is 0 Å². The molecule has 1 N–H and O–H groups in total. The molecule has 1 aromatic heterocycles. The van der Waals surface area contributed by atoms with Gasteiger partial charge in [-0.25, -0.2) is 0 Å². The summed E-state index contributed by atoms with van der Waals surface area (Å²) in [6.45, 7) is 7.18. The molecular formula is C18H31Cl2N5O. The van der Waals surface area contributed by atoms with Crippen LogP contribution in [0.1, 0.15) is 37.7 Å². The molecule has 1 aromatic rings. The second-order valence-electron chi connectivity index (χ2n) is 7.63. The van der Waals surface area contributed by atoms with Gasteiger partial charge in [0.05, 0.1) is 12.1 Å². The normalized spacial score (nSPS) is 31.2. The summed E-state index contributed by atoms with van der Waals surface area (Å²) in [7, 11) is 1.94. The molecule has 0 aliphatic carbocycles. The van der Waals surface area contributed by atoms with Crippen molar-refractivity contribution in [2.45, 2.75) is 44.2 Å². The number of hydrogen-bond acceptors (Lipinski definition) is 4. The summed E-state index contributed by atoms with van der Waals surface area (Å²) in [4.78, 5) is 18.2. The van der Waals surface area contributed by atoms with E-state index in [2.05, 4.69) is 33.3 Å². The molecule has 4 rings (SSSR count). The van der Waals surface area contributed by atoms with Gasteiger partial charge in [-0.3, -0.25) is 9.48 Å². The third kappa shape index (κ3) is 3.88. The summed E-state index contributed by atoms with van der Waals surface area (Å²) in [5.74, 6) is 0.695. The Balaban J connectivity index is 0.00000121. The van der Waals surface area contributed by atoms with Gasteiger partial charge in [0.15, 0.2) is 0 Å². The number of carbonyl (C=O) groups is 1. The first-order chi connectivity index (χ1) is 11.7. The van der Waals surface area contributed by atoms with Crippen molar-refractivity contribution in [3.63, 3.8) is 0 Å². The van der Waals surface area contributed by atoms with Crippen LogP contribution in [0.4, 0.5) is 0 Å². The van der Waals surface area contributed by atoms with Gasteiger partial charge < -0.3 is 15.1 Å². The number of rotatable bonds is 3. The molecule has 3 fully saturated rings. The fourth-order valence-corrected chi connectivity index (χ4v) is 4.90. The van der Waals surface area contributed by atoms with E-state index in [1.54, 1.807) is 0 Å². The number of fused-ring (bicyclic) bond motifs is 2. The van der Waals surface area contributed by atoms with Crippen LogP contribution in [0.15, 0.2) is 12.4 Å². The maximum atomic E-state index is 13.4. The Hall–Kier alpha value is -0.820. The van der Waals surface area contributed by atoms with E-state index in [0.717, 1.165) is 39.1 Å². The lowest BCUT2D eigenvalue weighted by molar-refractivity contribution is -0.138. The number of carbonyl (C=O) groups excluding carboxylic acids is 1. The number of hydrogen-bond donors (Lipinski definition) is 1. The van der Waals surface area contributed by atoms with Crippen LogP contribution >= 0.6 is 24.8 Å². The zero-order valence-electron chi connectivity index (χ0n) is 15.6. The van der Waals surface area contributed by atoms with Gasteiger partial charge in [0.2, 0.25) is 5.91 Å². The molecule has 6 nitrogen and oxygen atoms in total. The predicted octanol–water partition coefficient (Wildman–Crippen LogP) is 1.65. The molecule has 148 valence electrons. The van der Waals surface area contributed by atoms with Crippen molar-refractivity contribution in [1.82, 2.24) is 24.9 Å². The van der Waals surface area contributed by atoms with Crippen LogP contribution in [-0.2, 0) is 11.8 Å². The molecule has 0 radical (unpaired) electrons. The smallest absolute Gasteiger partial charge is 0.228 e. The molecule has 4 heterocycles. The van der Waals surface area contributed by atoms with Crippen LogP contribution in [0.5, 0.6) is 0 Å². The number of likely N-dealkylation sites (tertiary alicyclic amines) is 1. The summed E-state index contributed by atoms with van der Waals surface area (Å²) < 4.78 is 1.84. The van der Waals surface area contributed by atoms with E-state index in [1.165, 1.54) is 18.4 Å². The van der Waals surface area contributed by atoms with Crippen LogP contribution in [-0.4, -0.2) is 70.3 Å². The van der Waals surface area contributed by atoms with Gasteiger partial charge in [0.25, 0.3) is 0 Å². The average molecular weight is 404 g/mol. The van der Waals surface area contributed by atoms with Crippen LogP contribution in [0, 0.1) is 5.92 Å². The van der Waals surface area contributed by atoms with E-state index in [1.807, 2.05) is 17.9 Å². The topological polar surface area (TPSA) is 53.4 Å². The maximum Gasteiger partial charge on any atom is 0.228 e. The first-order valence-corrected chi connectivity index (χ1v) is 9.41. The second kappa shape index (κ2) is 8.91. The summed E-state index contributed by atoms with van der Waals surface area (Å²) in [5.41, 5.74) is 1.19. The van der Waals surface area contributed by atoms with Crippen LogP contribution in [0.3, 0.4) is 0 Å². The monoisotopic (exact) mass is 403 g/mol. The van der Waals surface area contributed by atoms with Crippen molar-refractivity contribution in [3.8, 4) is 0 Å². The predicted molar refractivity (Wildman–Crippen MR) is 107 cm³/mol. The van der Waals surface area contributed by atoms with Crippen LogP contribution < -0.4 is 5.32 Å². The highest BCUT2D eigenvalue weighted by atomic mass is 35.5. The van der Waals surface area contributed by atoms with Crippen molar-refractivity contribution < 1.29 is 4.79 Å². The van der Waals surface area contributed by atoms with Crippen molar-refractivity contribution in [2.24, 2.45) is 13.0 Å². The van der Waals surface area contributed by atoms with Gasteiger partial charge in [-0.2, -0.15) is 5.10 Å². The van der Waals surface area contributed by atoms with Gasteiger partial charge in [0, 0.05) is 57.4 Å². The lowest BCUT2D eigenvalue weighted by Crippen LogP contribution is -2.47. The minimum Gasteiger partial charge on any atom is -0.335 e. The van der Waals surface area contributed by atoms with E-state index in [-0.39, 0.29) is 36.6 Å². The van der Waals surface area contributed by atoms with Crippen LogP contribution in [0.2, 0.25) is 0 Å². The highest BCUT2D eigenvalue weighted by molar-refractivity contribution is 5.85. The maximum absolute atomic E-state index is 13.4. The molecular weight excluding hydrogens is 373 g/mol. The molecule has 3 aliphatic rings. The molecule has 4 atom stereocenters. The number of amides is 1. The molecule has 0 aromatic carbocycles. The largest absolute Gasteiger partial charge is 0.335 e. The molecule has 0 saturated carbocycles. The first-order valence-electron chi connectivity index (χ1n) is 9.41. The zero-order valence-corrected chi connectivity index (χ0v) is 17.3. The number of nitrogens with zero attached hydrogens (tertiary/aromatic N) is 4. The number of aromatic nitrogens is 2. The summed E-state index contributed by atoms with van der Waals surface area (Å²) in [5, 5.41) is 7.74. The third-order valence-corrected chi connectivity index (χ3v) is 6.25. The second-order valence-corrected chi connectivity index (χ2v) is 7.63. The number of likely N-dealkylation sites (N-methyl/N-ethyl adjacent to an activating group) is 1. The average Bonchev–Trinajstić information content (AvgIpc) is 3.25. The number of aryl methyl sites for hydroxylation is 1. The molecule has 1 amide bonds. The van der Waals surface area contributed by atoms with Crippen molar-refractivity contribution in [1.29, 1.82) is 0 Å². The fourth-order valence-electron chi connectivity index (χ4n) is 4.90. The Labute approximate surface area is 168 Å². The number of nitrogens with one attached hydrogen (secondary N) is 1. The van der Waals surface area contributed by atoms with Gasteiger partial charge in [-0.1, -0.05) is 6.92 Å².